The fourth-order valence-electron chi connectivity index (χ4n) is 2.06. The van der Waals surface area contributed by atoms with E-state index in [9.17, 15) is 4.79 Å². The van der Waals surface area contributed by atoms with Gasteiger partial charge < -0.3 is 9.72 Å². The van der Waals surface area contributed by atoms with Gasteiger partial charge >= 0.3 is 0 Å². The molecule has 0 saturated carbocycles. The van der Waals surface area contributed by atoms with Crippen LogP contribution in [0.2, 0.25) is 0 Å². The Balaban J connectivity index is 2.16. The molecule has 0 fully saturated rings. The van der Waals surface area contributed by atoms with Crippen molar-refractivity contribution in [1.82, 2.24) is 15.0 Å². The Morgan fingerprint density at radius 2 is 2.38 bits per heavy atom. The number of thiophene rings is 1. The molecule has 6 heteroatoms. The summed E-state index contributed by atoms with van der Waals surface area (Å²) >= 11 is 1.42. The van der Waals surface area contributed by atoms with E-state index < -0.39 is 0 Å². The molecule has 0 radical (unpaired) electrons. The number of pyridine rings is 1. The molecule has 1 N–H and O–H groups in total. The van der Waals surface area contributed by atoms with Crippen LogP contribution in [-0.4, -0.2) is 21.6 Å². The van der Waals surface area contributed by atoms with Crippen molar-refractivity contribution in [3.05, 3.63) is 52.7 Å². The van der Waals surface area contributed by atoms with E-state index in [1.807, 2.05) is 24.4 Å². The van der Waals surface area contributed by atoms with Crippen LogP contribution in [0.4, 0.5) is 0 Å². The smallest absolute Gasteiger partial charge is 0.260 e. The van der Waals surface area contributed by atoms with Crippen molar-refractivity contribution in [1.29, 1.82) is 0 Å². The van der Waals surface area contributed by atoms with Gasteiger partial charge in [0.15, 0.2) is 11.6 Å². The van der Waals surface area contributed by atoms with Gasteiger partial charge in [-0.25, -0.2) is 4.98 Å². The highest BCUT2D eigenvalue weighted by Crippen LogP contribution is 2.30. The Morgan fingerprint density at radius 1 is 1.52 bits per heavy atom. The maximum atomic E-state index is 12.4. The third kappa shape index (κ3) is 2.45. The molecule has 21 heavy (non-hydrogen) atoms. The monoisotopic (exact) mass is 299 g/mol. The van der Waals surface area contributed by atoms with Gasteiger partial charge in [-0.15, -0.1) is 11.3 Å². The molecular weight excluding hydrogens is 286 g/mol. The molecule has 3 heterocycles. The number of H-pyrrole nitrogens is 1. The van der Waals surface area contributed by atoms with Crippen LogP contribution >= 0.6 is 11.3 Å². The molecule has 0 aliphatic heterocycles. The Morgan fingerprint density at radius 3 is 3.10 bits per heavy atom. The van der Waals surface area contributed by atoms with E-state index in [-0.39, 0.29) is 5.56 Å². The summed E-state index contributed by atoms with van der Waals surface area (Å²) in [6.45, 7) is 6.10. The van der Waals surface area contributed by atoms with Crippen LogP contribution in [0.5, 0.6) is 0 Å². The quantitative estimate of drug-likeness (QED) is 0.752. The van der Waals surface area contributed by atoms with E-state index in [0.717, 1.165) is 11.1 Å². The van der Waals surface area contributed by atoms with Crippen molar-refractivity contribution in [3.8, 4) is 11.1 Å². The highest BCUT2D eigenvalue weighted by molar-refractivity contribution is 7.17. The Labute approximate surface area is 125 Å². The number of nitrogens with one attached hydrogen (secondary N) is 1. The van der Waals surface area contributed by atoms with E-state index in [2.05, 4.69) is 21.5 Å². The fraction of sp³-hybridized carbons (Fsp3) is 0.133. The average molecular weight is 299 g/mol. The highest BCUT2D eigenvalue weighted by Gasteiger charge is 2.14. The lowest BCUT2D eigenvalue weighted by molar-refractivity contribution is 0.296. The largest absolute Gasteiger partial charge is 0.491 e. The number of rotatable bonds is 4. The second-order valence-corrected chi connectivity index (χ2v) is 5.20. The molecule has 0 spiro atoms. The lowest BCUT2D eigenvalue weighted by Crippen LogP contribution is -2.11. The van der Waals surface area contributed by atoms with Crippen molar-refractivity contribution >= 4 is 27.3 Å². The number of ether oxygens (including phenoxy) is 1. The van der Waals surface area contributed by atoms with Crippen molar-refractivity contribution in [2.75, 3.05) is 6.61 Å². The molecule has 0 saturated heterocycles. The van der Waals surface area contributed by atoms with Gasteiger partial charge in [0.25, 0.3) is 5.56 Å². The van der Waals surface area contributed by atoms with Crippen molar-refractivity contribution < 1.29 is 4.74 Å². The van der Waals surface area contributed by atoms with E-state index >= 15 is 0 Å². The number of aromatic amines is 1. The first-order valence-electron chi connectivity index (χ1n) is 6.44. The molecule has 0 aliphatic rings. The third-order valence-corrected chi connectivity index (χ3v) is 3.87. The highest BCUT2D eigenvalue weighted by atomic mass is 32.1. The van der Waals surface area contributed by atoms with E-state index in [1.54, 1.807) is 12.4 Å². The molecule has 0 unspecified atom stereocenters. The molecule has 106 valence electrons. The molecule has 3 aromatic heterocycles. The van der Waals surface area contributed by atoms with Crippen molar-refractivity contribution in [3.63, 3.8) is 0 Å². The summed E-state index contributed by atoms with van der Waals surface area (Å²) in [6.07, 6.45) is 3.43. The molecule has 0 atom stereocenters. The summed E-state index contributed by atoms with van der Waals surface area (Å²) in [5.74, 6) is 0.738. The van der Waals surface area contributed by atoms with E-state index in [0.29, 0.717) is 28.4 Å². The van der Waals surface area contributed by atoms with Crippen molar-refractivity contribution in [2.45, 2.75) is 6.92 Å². The first-order chi connectivity index (χ1) is 10.2. The van der Waals surface area contributed by atoms with Gasteiger partial charge in [0.05, 0.1) is 12.0 Å². The number of nitrogens with zero attached hydrogens (tertiary/aromatic N) is 2. The first-order valence-corrected chi connectivity index (χ1v) is 7.32. The number of fused-ring (bicyclic) bond motifs is 1. The maximum absolute atomic E-state index is 12.4. The average Bonchev–Trinajstić information content (AvgIpc) is 2.93. The summed E-state index contributed by atoms with van der Waals surface area (Å²) in [6, 6.07) is 3.76. The summed E-state index contributed by atoms with van der Waals surface area (Å²) in [4.78, 5) is 24.2. The minimum Gasteiger partial charge on any atom is -0.491 e. The second-order valence-electron chi connectivity index (χ2n) is 4.34. The van der Waals surface area contributed by atoms with Gasteiger partial charge in [-0.3, -0.25) is 9.78 Å². The molecular formula is C15H13N3O2S. The molecule has 0 amide bonds. The SMILES string of the molecule is C=C(OCC)c1nc2scc(-c3cccnc3)c2c(=O)[nH]1. The molecule has 0 bridgehead atoms. The van der Waals surface area contributed by atoms with Crippen LogP contribution in [0.3, 0.4) is 0 Å². The van der Waals surface area contributed by atoms with Gasteiger partial charge in [0.1, 0.15) is 4.83 Å². The predicted octanol–water partition coefficient (Wildman–Crippen LogP) is 3.05. The van der Waals surface area contributed by atoms with Crippen LogP contribution in [0.25, 0.3) is 27.1 Å². The minimum atomic E-state index is -0.198. The van der Waals surface area contributed by atoms with Crippen LogP contribution in [0, 0.1) is 0 Å². The molecule has 3 aromatic rings. The summed E-state index contributed by atoms with van der Waals surface area (Å²) in [7, 11) is 0. The minimum absolute atomic E-state index is 0.198. The molecule has 0 aliphatic carbocycles. The topological polar surface area (TPSA) is 67.9 Å². The van der Waals surface area contributed by atoms with Crippen LogP contribution in [0.15, 0.2) is 41.3 Å². The van der Waals surface area contributed by atoms with Gasteiger partial charge in [0.2, 0.25) is 0 Å². The van der Waals surface area contributed by atoms with Gasteiger partial charge in [-0.1, -0.05) is 12.6 Å². The van der Waals surface area contributed by atoms with E-state index in [1.165, 1.54) is 11.3 Å². The zero-order valence-corrected chi connectivity index (χ0v) is 12.2. The summed E-state index contributed by atoms with van der Waals surface area (Å²) in [5, 5.41) is 2.48. The number of hydrogen-bond acceptors (Lipinski definition) is 5. The van der Waals surface area contributed by atoms with Crippen LogP contribution < -0.4 is 5.56 Å². The standard InChI is InChI=1S/C15H13N3O2S/c1-3-20-9(2)13-17-14(19)12-11(8-21-15(12)18-13)10-5-4-6-16-7-10/h4-8H,2-3H2,1H3,(H,17,18,19). The normalized spacial score (nSPS) is 10.7. The molecule has 0 aromatic carbocycles. The lowest BCUT2D eigenvalue weighted by Gasteiger charge is -2.05. The lowest BCUT2D eigenvalue weighted by atomic mass is 10.1. The third-order valence-electron chi connectivity index (χ3n) is 3.00. The maximum Gasteiger partial charge on any atom is 0.260 e. The Hall–Kier alpha value is -2.47. The van der Waals surface area contributed by atoms with Crippen LogP contribution in [-0.2, 0) is 4.74 Å². The summed E-state index contributed by atoms with van der Waals surface area (Å²) in [5.41, 5.74) is 1.54. The number of hydrogen-bond donors (Lipinski definition) is 1. The molecule has 5 nitrogen and oxygen atoms in total. The summed E-state index contributed by atoms with van der Waals surface area (Å²) < 4.78 is 5.29. The van der Waals surface area contributed by atoms with Crippen molar-refractivity contribution in [2.24, 2.45) is 0 Å². The Bertz CT molecular complexity index is 852. The molecule has 3 rings (SSSR count). The zero-order valence-electron chi connectivity index (χ0n) is 11.4. The van der Waals surface area contributed by atoms with Gasteiger partial charge in [-0.05, 0) is 13.0 Å². The second kappa shape index (κ2) is 5.49. The van der Waals surface area contributed by atoms with Crippen LogP contribution in [0.1, 0.15) is 12.7 Å². The Kier molecular flexibility index (Phi) is 3.53. The zero-order chi connectivity index (χ0) is 14.8. The van der Waals surface area contributed by atoms with Gasteiger partial charge in [0, 0.05) is 28.9 Å². The van der Waals surface area contributed by atoms with Gasteiger partial charge in [-0.2, -0.15) is 0 Å². The predicted molar refractivity (Wildman–Crippen MR) is 84.1 cm³/mol. The first kappa shape index (κ1) is 13.5. The fourth-order valence-corrected chi connectivity index (χ4v) is 3.01. The number of aromatic nitrogens is 3. The van der Waals surface area contributed by atoms with E-state index in [4.69, 9.17) is 4.74 Å².